The van der Waals surface area contributed by atoms with Crippen LogP contribution in [0.4, 0.5) is 0 Å². The highest BCUT2D eigenvalue weighted by molar-refractivity contribution is 4.98. The van der Waals surface area contributed by atoms with Gasteiger partial charge >= 0.3 is 0 Å². The van der Waals surface area contributed by atoms with Crippen LogP contribution in [0, 0.1) is 11.8 Å². The van der Waals surface area contributed by atoms with Crippen molar-refractivity contribution in [2.24, 2.45) is 11.8 Å². The SMILES string of the molecule is C=C(NCCC(C)(O)C1CC1)[C@@H](C)C[C@H](C)O. The van der Waals surface area contributed by atoms with Crippen LogP contribution in [0.1, 0.15) is 46.5 Å². The van der Waals surface area contributed by atoms with Gasteiger partial charge in [0.05, 0.1) is 11.7 Å². The summed E-state index contributed by atoms with van der Waals surface area (Å²) in [5.41, 5.74) is 0.429. The van der Waals surface area contributed by atoms with Crippen LogP contribution in [0.2, 0.25) is 0 Å². The molecule has 0 bridgehead atoms. The minimum absolute atomic E-state index is 0.265. The molecule has 3 nitrogen and oxygen atoms in total. The third-order valence-electron chi connectivity index (χ3n) is 3.73. The molecule has 0 saturated heterocycles. The fourth-order valence-electron chi connectivity index (χ4n) is 2.21. The van der Waals surface area contributed by atoms with Crippen molar-refractivity contribution >= 4 is 0 Å². The molecule has 3 heteroatoms. The van der Waals surface area contributed by atoms with Crippen molar-refractivity contribution < 1.29 is 10.2 Å². The van der Waals surface area contributed by atoms with Gasteiger partial charge in [-0.25, -0.2) is 0 Å². The van der Waals surface area contributed by atoms with E-state index in [1.807, 2.05) is 6.92 Å². The lowest BCUT2D eigenvalue weighted by Crippen LogP contribution is -2.32. The molecule has 1 rings (SSSR count). The highest BCUT2D eigenvalue weighted by atomic mass is 16.3. The summed E-state index contributed by atoms with van der Waals surface area (Å²) >= 11 is 0. The summed E-state index contributed by atoms with van der Waals surface area (Å²) in [6, 6.07) is 0. The molecule has 17 heavy (non-hydrogen) atoms. The highest BCUT2D eigenvalue weighted by Crippen LogP contribution is 2.41. The van der Waals surface area contributed by atoms with E-state index < -0.39 is 5.60 Å². The number of aliphatic hydroxyl groups is 2. The molecule has 1 saturated carbocycles. The molecule has 1 aliphatic rings. The number of hydrogen-bond donors (Lipinski definition) is 3. The Morgan fingerprint density at radius 2 is 2.06 bits per heavy atom. The average molecular weight is 241 g/mol. The molecule has 0 aromatic heterocycles. The van der Waals surface area contributed by atoms with Crippen molar-refractivity contribution in [1.82, 2.24) is 5.32 Å². The molecule has 0 heterocycles. The summed E-state index contributed by atoms with van der Waals surface area (Å²) in [6.07, 6.45) is 3.51. The molecular formula is C14H27NO2. The van der Waals surface area contributed by atoms with E-state index in [1.165, 1.54) is 0 Å². The van der Waals surface area contributed by atoms with Crippen molar-refractivity contribution in [3.63, 3.8) is 0 Å². The first-order valence-electron chi connectivity index (χ1n) is 6.66. The zero-order valence-corrected chi connectivity index (χ0v) is 11.4. The van der Waals surface area contributed by atoms with E-state index in [1.54, 1.807) is 6.92 Å². The van der Waals surface area contributed by atoms with Crippen LogP contribution in [-0.2, 0) is 0 Å². The lowest BCUT2D eigenvalue weighted by atomic mass is 9.96. The van der Waals surface area contributed by atoms with Gasteiger partial charge in [0.2, 0.25) is 0 Å². The fourth-order valence-corrected chi connectivity index (χ4v) is 2.21. The first kappa shape index (κ1) is 14.5. The second-order valence-electron chi connectivity index (χ2n) is 5.82. The van der Waals surface area contributed by atoms with Gasteiger partial charge in [0.25, 0.3) is 0 Å². The van der Waals surface area contributed by atoms with Gasteiger partial charge in [-0.3, -0.25) is 0 Å². The number of rotatable bonds is 8. The van der Waals surface area contributed by atoms with Crippen LogP contribution >= 0.6 is 0 Å². The summed E-state index contributed by atoms with van der Waals surface area (Å²) in [7, 11) is 0. The molecule has 0 spiro atoms. The molecule has 0 aromatic carbocycles. The average Bonchev–Trinajstić information content (AvgIpc) is 2.99. The second-order valence-corrected chi connectivity index (χ2v) is 5.82. The Kier molecular flexibility index (Phi) is 5.02. The van der Waals surface area contributed by atoms with Crippen LogP contribution in [-0.4, -0.2) is 28.5 Å². The van der Waals surface area contributed by atoms with Crippen LogP contribution in [0.15, 0.2) is 12.3 Å². The molecular weight excluding hydrogens is 214 g/mol. The van der Waals surface area contributed by atoms with Crippen molar-refractivity contribution in [2.45, 2.75) is 58.2 Å². The molecule has 1 fully saturated rings. The van der Waals surface area contributed by atoms with Crippen LogP contribution in [0.5, 0.6) is 0 Å². The van der Waals surface area contributed by atoms with Gasteiger partial charge in [-0.2, -0.15) is 0 Å². The molecule has 1 unspecified atom stereocenters. The molecule has 0 radical (unpaired) electrons. The minimum atomic E-state index is -0.527. The fraction of sp³-hybridized carbons (Fsp3) is 0.857. The van der Waals surface area contributed by atoms with Crippen LogP contribution in [0.25, 0.3) is 0 Å². The normalized spacial score (nSPS) is 22.6. The van der Waals surface area contributed by atoms with Crippen LogP contribution in [0.3, 0.4) is 0 Å². The predicted octanol–water partition coefficient (Wildman–Crippen LogP) is 2.05. The first-order valence-corrected chi connectivity index (χ1v) is 6.66. The quantitative estimate of drug-likeness (QED) is 0.609. The maximum Gasteiger partial charge on any atom is 0.0664 e. The minimum Gasteiger partial charge on any atom is -0.393 e. The summed E-state index contributed by atoms with van der Waals surface area (Å²) in [5.74, 6) is 0.758. The van der Waals surface area contributed by atoms with Crippen molar-refractivity contribution in [1.29, 1.82) is 0 Å². The zero-order chi connectivity index (χ0) is 13.1. The van der Waals surface area contributed by atoms with Crippen molar-refractivity contribution in [3.05, 3.63) is 12.3 Å². The number of hydrogen-bond acceptors (Lipinski definition) is 3. The maximum atomic E-state index is 10.1. The zero-order valence-electron chi connectivity index (χ0n) is 11.4. The highest BCUT2D eigenvalue weighted by Gasteiger charge is 2.39. The number of aliphatic hydroxyl groups excluding tert-OH is 1. The first-order chi connectivity index (χ1) is 7.83. The lowest BCUT2D eigenvalue weighted by Gasteiger charge is -2.25. The van der Waals surface area contributed by atoms with E-state index in [0.29, 0.717) is 5.92 Å². The lowest BCUT2D eigenvalue weighted by molar-refractivity contribution is 0.0288. The standard InChI is InChI=1S/C14H27NO2/c1-10(9-11(2)16)12(3)15-8-7-14(4,17)13-5-6-13/h10-11,13,15-17H,3,5-9H2,1-2,4H3/t10-,11-,14?/m0/s1. The van der Waals surface area contributed by atoms with Gasteiger partial charge in [-0.05, 0) is 51.4 Å². The molecule has 0 aromatic rings. The molecule has 3 atom stereocenters. The van der Waals surface area contributed by atoms with Gasteiger partial charge < -0.3 is 15.5 Å². The molecule has 1 aliphatic carbocycles. The molecule has 0 aliphatic heterocycles. The largest absolute Gasteiger partial charge is 0.393 e. The summed E-state index contributed by atoms with van der Waals surface area (Å²) in [5, 5.41) is 22.7. The Morgan fingerprint density at radius 1 is 1.47 bits per heavy atom. The van der Waals surface area contributed by atoms with Gasteiger partial charge in [0, 0.05) is 12.2 Å². The Morgan fingerprint density at radius 3 is 2.53 bits per heavy atom. The van der Waals surface area contributed by atoms with Gasteiger partial charge in [-0.1, -0.05) is 13.5 Å². The Bertz CT molecular complexity index is 257. The van der Waals surface area contributed by atoms with Crippen LogP contribution < -0.4 is 5.32 Å². The molecule has 100 valence electrons. The third kappa shape index (κ3) is 5.09. The number of nitrogens with one attached hydrogen (secondary N) is 1. The van der Waals surface area contributed by atoms with E-state index in [9.17, 15) is 10.2 Å². The van der Waals surface area contributed by atoms with E-state index >= 15 is 0 Å². The second kappa shape index (κ2) is 5.87. The Hall–Kier alpha value is -0.540. The maximum absolute atomic E-state index is 10.1. The Balaban J connectivity index is 2.19. The van der Waals surface area contributed by atoms with E-state index in [0.717, 1.165) is 37.9 Å². The van der Waals surface area contributed by atoms with Gasteiger partial charge in [0.1, 0.15) is 0 Å². The van der Waals surface area contributed by atoms with Crippen molar-refractivity contribution in [2.75, 3.05) is 6.54 Å². The van der Waals surface area contributed by atoms with E-state index in [4.69, 9.17) is 0 Å². The topological polar surface area (TPSA) is 52.5 Å². The predicted molar refractivity (Wildman–Crippen MR) is 70.6 cm³/mol. The monoisotopic (exact) mass is 241 g/mol. The van der Waals surface area contributed by atoms with Gasteiger partial charge in [0.15, 0.2) is 0 Å². The Labute approximate surface area is 105 Å². The molecule has 0 amide bonds. The third-order valence-corrected chi connectivity index (χ3v) is 3.73. The van der Waals surface area contributed by atoms with E-state index in [-0.39, 0.29) is 12.0 Å². The van der Waals surface area contributed by atoms with E-state index in [2.05, 4.69) is 18.8 Å². The van der Waals surface area contributed by atoms with Crippen molar-refractivity contribution in [3.8, 4) is 0 Å². The molecule has 3 N–H and O–H groups in total. The smallest absolute Gasteiger partial charge is 0.0664 e. The summed E-state index contributed by atoms with van der Waals surface area (Å²) in [6.45, 7) is 10.5. The summed E-state index contributed by atoms with van der Waals surface area (Å²) in [4.78, 5) is 0. The number of allylic oxidation sites excluding steroid dienone is 1. The van der Waals surface area contributed by atoms with Gasteiger partial charge in [-0.15, -0.1) is 0 Å². The summed E-state index contributed by atoms with van der Waals surface area (Å²) < 4.78 is 0.